The van der Waals surface area contributed by atoms with Crippen molar-refractivity contribution >= 4 is 11.8 Å². The van der Waals surface area contributed by atoms with Crippen molar-refractivity contribution in [2.45, 2.75) is 70.5 Å². The lowest BCUT2D eigenvalue weighted by atomic mass is 9.93. The quantitative estimate of drug-likeness (QED) is 0.351. The second-order valence-corrected chi connectivity index (χ2v) is 11.3. The highest BCUT2D eigenvalue weighted by Gasteiger charge is 2.35. The average Bonchev–Trinajstić information content (AvgIpc) is 2.96. The molecule has 5 rings (SSSR count). The predicted molar refractivity (Wildman–Crippen MR) is 156 cm³/mol. The predicted octanol–water partition coefficient (Wildman–Crippen LogP) is 5.73. The summed E-state index contributed by atoms with van der Waals surface area (Å²) in [7, 11) is 2.16. The Balaban J connectivity index is 0.956. The van der Waals surface area contributed by atoms with Crippen LogP contribution < -0.4 is 15.0 Å². The number of hydrogen-bond acceptors (Lipinski definition) is 6. The van der Waals surface area contributed by atoms with Crippen LogP contribution in [0.15, 0.2) is 42.5 Å². The number of unbranched alkanes of at least 4 members (excludes halogenated alkanes) is 7. The lowest BCUT2D eigenvalue weighted by Gasteiger charge is -2.47. The van der Waals surface area contributed by atoms with Crippen LogP contribution in [0.2, 0.25) is 0 Å². The molecule has 212 valence electrons. The van der Waals surface area contributed by atoms with Crippen LogP contribution in [0.4, 0.5) is 10.5 Å². The Labute approximate surface area is 234 Å². The summed E-state index contributed by atoms with van der Waals surface area (Å²) in [6, 6.07) is 14.8. The summed E-state index contributed by atoms with van der Waals surface area (Å²) in [4.78, 5) is 19.8. The van der Waals surface area contributed by atoms with E-state index in [1.807, 2.05) is 12.1 Å². The summed E-state index contributed by atoms with van der Waals surface area (Å²) in [6.07, 6.45) is 10.9. The number of fused-ring (bicyclic) bond motifs is 4. The lowest BCUT2D eigenvalue weighted by Crippen LogP contribution is -2.47. The Bertz CT molecular complexity index is 1070. The second kappa shape index (κ2) is 14.1. The van der Waals surface area contributed by atoms with Gasteiger partial charge in [-0.05, 0) is 60.7 Å². The van der Waals surface area contributed by atoms with E-state index in [2.05, 4.69) is 57.4 Å². The third-order valence-corrected chi connectivity index (χ3v) is 8.50. The Hall–Kier alpha value is -2.61. The van der Waals surface area contributed by atoms with Crippen LogP contribution in [0.25, 0.3) is 0 Å². The standard InChI is InChI=1S/C32H46N4O3/c1-34-30-15-14-28(24-27(30)25-36-19-16-26-12-8-9-13-29(26)31(34)36)39-32(37)33-17-10-6-4-2-3-5-7-11-18-35-20-22-38-23-21-35/h8-9,12-15,24,31H,2-7,10-11,16-23,25H2,1H3,(H,33,37). The first-order valence-electron chi connectivity index (χ1n) is 15.1. The molecule has 3 aliphatic heterocycles. The van der Waals surface area contributed by atoms with E-state index >= 15 is 0 Å². The molecule has 1 fully saturated rings. The van der Waals surface area contributed by atoms with E-state index in [1.165, 1.54) is 67.4 Å². The number of anilines is 1. The van der Waals surface area contributed by atoms with E-state index < -0.39 is 0 Å². The highest BCUT2D eigenvalue weighted by atomic mass is 16.6. The molecular weight excluding hydrogens is 488 g/mol. The second-order valence-electron chi connectivity index (χ2n) is 11.3. The third-order valence-electron chi connectivity index (χ3n) is 8.50. The molecule has 0 bridgehead atoms. The zero-order valence-corrected chi connectivity index (χ0v) is 23.7. The maximum Gasteiger partial charge on any atom is 0.412 e. The summed E-state index contributed by atoms with van der Waals surface area (Å²) in [5.74, 6) is 0.615. The Morgan fingerprint density at radius 1 is 0.923 bits per heavy atom. The SMILES string of the molecule is CN1c2ccc(OC(=O)NCCCCCCCCCCN3CCOCC3)cc2CN2CCc3ccccc3C21. The molecule has 3 aliphatic rings. The molecule has 0 aliphatic carbocycles. The monoisotopic (exact) mass is 534 g/mol. The molecule has 2 aromatic rings. The smallest absolute Gasteiger partial charge is 0.410 e. The number of hydrogen-bond donors (Lipinski definition) is 1. The number of rotatable bonds is 12. The summed E-state index contributed by atoms with van der Waals surface area (Å²) in [5, 5.41) is 2.93. The fourth-order valence-corrected chi connectivity index (χ4v) is 6.34. The van der Waals surface area contributed by atoms with Crippen molar-refractivity contribution in [3.8, 4) is 5.75 Å². The van der Waals surface area contributed by atoms with Gasteiger partial charge in [0.05, 0.1) is 13.2 Å². The van der Waals surface area contributed by atoms with Crippen LogP contribution in [-0.2, 0) is 17.7 Å². The Morgan fingerprint density at radius 3 is 2.49 bits per heavy atom. The number of benzene rings is 2. The molecule has 1 N–H and O–H groups in total. The molecule has 0 radical (unpaired) electrons. The number of carbonyl (C=O) groups is 1. The normalized spacial score (nSPS) is 19.2. The molecule has 7 heteroatoms. The van der Waals surface area contributed by atoms with Gasteiger partial charge in [-0.2, -0.15) is 0 Å². The summed E-state index contributed by atoms with van der Waals surface area (Å²) >= 11 is 0. The van der Waals surface area contributed by atoms with Gasteiger partial charge in [0.2, 0.25) is 0 Å². The van der Waals surface area contributed by atoms with E-state index in [0.29, 0.717) is 12.3 Å². The number of ether oxygens (including phenoxy) is 2. The van der Waals surface area contributed by atoms with Gasteiger partial charge in [0.15, 0.2) is 0 Å². The van der Waals surface area contributed by atoms with Crippen LogP contribution in [-0.4, -0.2) is 68.9 Å². The summed E-state index contributed by atoms with van der Waals surface area (Å²) in [5.41, 5.74) is 5.26. The van der Waals surface area contributed by atoms with Crippen molar-refractivity contribution in [1.29, 1.82) is 0 Å². The van der Waals surface area contributed by atoms with E-state index in [9.17, 15) is 4.79 Å². The molecule has 39 heavy (non-hydrogen) atoms. The van der Waals surface area contributed by atoms with E-state index in [4.69, 9.17) is 9.47 Å². The molecule has 1 saturated heterocycles. The largest absolute Gasteiger partial charge is 0.412 e. The molecule has 0 spiro atoms. The Kier molecular flexibility index (Phi) is 10.1. The van der Waals surface area contributed by atoms with Crippen LogP contribution >= 0.6 is 0 Å². The molecule has 7 nitrogen and oxygen atoms in total. The molecular formula is C32H46N4O3. The van der Waals surface area contributed by atoms with Crippen molar-refractivity contribution in [2.24, 2.45) is 0 Å². The van der Waals surface area contributed by atoms with Crippen molar-refractivity contribution in [3.05, 3.63) is 59.2 Å². The van der Waals surface area contributed by atoms with Gasteiger partial charge in [-0.25, -0.2) is 4.79 Å². The zero-order valence-electron chi connectivity index (χ0n) is 23.7. The van der Waals surface area contributed by atoms with Crippen molar-refractivity contribution in [1.82, 2.24) is 15.1 Å². The van der Waals surface area contributed by atoms with Crippen LogP contribution in [0.1, 0.15) is 74.2 Å². The van der Waals surface area contributed by atoms with Crippen LogP contribution in [0.3, 0.4) is 0 Å². The molecule has 2 aromatic carbocycles. The third kappa shape index (κ3) is 7.53. The van der Waals surface area contributed by atoms with Gasteiger partial charge in [0.1, 0.15) is 11.9 Å². The summed E-state index contributed by atoms with van der Waals surface area (Å²) < 4.78 is 11.0. The number of carbonyl (C=O) groups excluding carboxylic acids is 1. The van der Waals surface area contributed by atoms with Gasteiger partial charge >= 0.3 is 6.09 Å². The number of morpholine rings is 1. The Morgan fingerprint density at radius 2 is 1.67 bits per heavy atom. The fourth-order valence-electron chi connectivity index (χ4n) is 6.34. The van der Waals surface area contributed by atoms with Crippen LogP contribution in [0, 0.1) is 0 Å². The van der Waals surface area contributed by atoms with Gasteiger partial charge in [0.25, 0.3) is 0 Å². The lowest BCUT2D eigenvalue weighted by molar-refractivity contribution is 0.0371. The molecule has 3 heterocycles. The van der Waals surface area contributed by atoms with Gasteiger partial charge in [-0.3, -0.25) is 9.80 Å². The van der Waals surface area contributed by atoms with Gasteiger partial charge in [0, 0.05) is 45.5 Å². The molecule has 1 unspecified atom stereocenters. The number of nitrogens with zero attached hydrogens (tertiary/aromatic N) is 3. The number of nitrogens with one attached hydrogen (secondary N) is 1. The van der Waals surface area contributed by atoms with Gasteiger partial charge in [-0.1, -0.05) is 62.8 Å². The minimum Gasteiger partial charge on any atom is -0.410 e. The maximum absolute atomic E-state index is 12.4. The first kappa shape index (κ1) is 27.9. The minimum absolute atomic E-state index is 0.262. The fraction of sp³-hybridized carbons (Fsp3) is 0.594. The number of amides is 1. The first-order valence-corrected chi connectivity index (χ1v) is 15.1. The van der Waals surface area contributed by atoms with Crippen molar-refractivity contribution in [3.63, 3.8) is 0 Å². The molecule has 0 saturated carbocycles. The zero-order chi connectivity index (χ0) is 26.9. The van der Waals surface area contributed by atoms with E-state index in [1.54, 1.807) is 0 Å². The summed E-state index contributed by atoms with van der Waals surface area (Å²) in [6.45, 7) is 7.78. The van der Waals surface area contributed by atoms with Crippen LogP contribution in [0.5, 0.6) is 5.75 Å². The molecule has 1 atom stereocenters. The van der Waals surface area contributed by atoms with Crippen molar-refractivity contribution in [2.75, 3.05) is 57.9 Å². The highest BCUT2D eigenvalue weighted by molar-refractivity contribution is 5.71. The maximum atomic E-state index is 12.4. The topological polar surface area (TPSA) is 57.3 Å². The van der Waals surface area contributed by atoms with Gasteiger partial charge in [-0.15, -0.1) is 0 Å². The van der Waals surface area contributed by atoms with Gasteiger partial charge < -0.3 is 19.7 Å². The highest BCUT2D eigenvalue weighted by Crippen LogP contribution is 2.42. The van der Waals surface area contributed by atoms with E-state index in [0.717, 1.165) is 58.7 Å². The molecule has 1 amide bonds. The minimum atomic E-state index is -0.357. The first-order chi connectivity index (χ1) is 19.2. The van der Waals surface area contributed by atoms with E-state index in [-0.39, 0.29) is 12.3 Å². The van der Waals surface area contributed by atoms with Crippen molar-refractivity contribution < 1.29 is 14.3 Å². The average molecular weight is 535 g/mol. The molecule has 0 aromatic heterocycles.